The zero-order valence-corrected chi connectivity index (χ0v) is 39.8. The van der Waals surface area contributed by atoms with Gasteiger partial charge in [-0.05, 0) is 90.0 Å². The number of carbonyl (C=O) groups is 3. The Morgan fingerprint density at radius 2 is 0.867 bits per heavy atom. The van der Waals surface area contributed by atoms with Crippen molar-refractivity contribution in [2.75, 3.05) is 6.54 Å². The highest BCUT2D eigenvalue weighted by Crippen LogP contribution is 2.20. The van der Waals surface area contributed by atoms with E-state index in [1.807, 2.05) is 0 Å². The summed E-state index contributed by atoms with van der Waals surface area (Å²) in [6.07, 6.45) is 56.6. The van der Waals surface area contributed by atoms with E-state index >= 15 is 0 Å². The molecule has 0 aromatic heterocycles. The molecule has 0 saturated heterocycles. The van der Waals surface area contributed by atoms with Gasteiger partial charge in [0.1, 0.15) is 12.1 Å². The first-order valence-corrected chi connectivity index (χ1v) is 26.2. The van der Waals surface area contributed by atoms with Crippen molar-refractivity contribution < 1.29 is 24.2 Å². The Hall–Kier alpha value is -2.15. The lowest BCUT2D eigenvalue weighted by Gasteiger charge is -2.18. The van der Waals surface area contributed by atoms with Crippen molar-refractivity contribution in [2.45, 2.75) is 289 Å². The van der Waals surface area contributed by atoms with E-state index in [4.69, 9.17) is 10.5 Å². The molecule has 60 heavy (non-hydrogen) atoms. The van der Waals surface area contributed by atoms with Gasteiger partial charge in [-0.25, -0.2) is 4.79 Å². The zero-order valence-electron chi connectivity index (χ0n) is 39.8. The fourth-order valence-electron chi connectivity index (χ4n) is 8.07. The summed E-state index contributed by atoms with van der Waals surface area (Å²) in [7, 11) is 0. The molecule has 0 aromatic rings. The Morgan fingerprint density at radius 3 is 1.32 bits per heavy atom. The largest absolute Gasteiger partial charge is 0.480 e. The first kappa shape index (κ1) is 57.9. The second-order valence-corrected chi connectivity index (χ2v) is 17.9. The molecule has 0 rings (SSSR count). The highest BCUT2D eigenvalue weighted by Gasteiger charge is 2.19. The standard InChI is InChI=1S/C53H100N2O5/c1-3-5-7-9-11-13-15-17-19-20-21-22-24-26-28-30-32-37-41-47-52(57)60-49(43-38-34-31-29-27-25-23-18-16-14-12-10-8-6-4-2)44-39-35-33-36-40-46-51(56)55-50(53(58)59)45-42-48-54/h11,13,17,19,49-50H,3-10,12,14-16,18,20-48,54H2,1-2H3,(H,55,56)(H,58,59)/b13-11-,19-17-. The van der Waals surface area contributed by atoms with Gasteiger partial charge in [-0.15, -0.1) is 0 Å². The molecule has 0 spiro atoms. The van der Waals surface area contributed by atoms with Crippen LogP contribution in [0.3, 0.4) is 0 Å². The molecule has 0 aliphatic carbocycles. The van der Waals surface area contributed by atoms with Crippen LogP contribution in [-0.4, -0.2) is 41.6 Å². The molecular weight excluding hydrogens is 745 g/mol. The minimum atomic E-state index is -1.00. The highest BCUT2D eigenvalue weighted by molar-refractivity contribution is 5.83. The van der Waals surface area contributed by atoms with Gasteiger partial charge in [-0.3, -0.25) is 9.59 Å². The number of carbonyl (C=O) groups excluding carboxylic acids is 2. The Bertz CT molecular complexity index is 998. The summed E-state index contributed by atoms with van der Waals surface area (Å²) in [4.78, 5) is 36.6. The lowest BCUT2D eigenvalue weighted by molar-refractivity contribution is -0.150. The van der Waals surface area contributed by atoms with Crippen molar-refractivity contribution in [3.63, 3.8) is 0 Å². The molecule has 0 aliphatic rings. The van der Waals surface area contributed by atoms with Crippen molar-refractivity contribution in [3.05, 3.63) is 24.3 Å². The van der Waals surface area contributed by atoms with E-state index in [0.29, 0.717) is 32.2 Å². The fraction of sp³-hybridized carbons (Fsp3) is 0.868. The minimum absolute atomic E-state index is 0.0133. The maximum atomic E-state index is 12.9. The Balaban J connectivity index is 4.26. The van der Waals surface area contributed by atoms with Gasteiger partial charge < -0.3 is 20.9 Å². The lowest BCUT2D eigenvalue weighted by Crippen LogP contribution is -2.40. The number of carboxylic acids is 1. The van der Waals surface area contributed by atoms with Gasteiger partial charge in [0, 0.05) is 12.8 Å². The summed E-state index contributed by atoms with van der Waals surface area (Å²) < 4.78 is 6.09. The second-order valence-electron chi connectivity index (χ2n) is 17.9. The van der Waals surface area contributed by atoms with Crippen LogP contribution in [-0.2, 0) is 19.1 Å². The Kier molecular flexibility index (Phi) is 46.2. The van der Waals surface area contributed by atoms with Gasteiger partial charge in [0.2, 0.25) is 5.91 Å². The molecule has 1 amide bonds. The van der Waals surface area contributed by atoms with Crippen molar-refractivity contribution in [1.29, 1.82) is 0 Å². The van der Waals surface area contributed by atoms with Crippen LogP contribution >= 0.6 is 0 Å². The molecule has 0 heterocycles. The molecule has 0 saturated carbocycles. The summed E-state index contributed by atoms with van der Waals surface area (Å²) >= 11 is 0. The second kappa shape index (κ2) is 47.9. The molecule has 0 aromatic carbocycles. The highest BCUT2D eigenvalue weighted by atomic mass is 16.5. The zero-order chi connectivity index (χ0) is 43.8. The quantitative estimate of drug-likeness (QED) is 0.0319. The number of allylic oxidation sites excluding steroid dienone is 4. The van der Waals surface area contributed by atoms with Crippen molar-refractivity contribution in [2.24, 2.45) is 5.73 Å². The van der Waals surface area contributed by atoms with Crippen LogP contribution in [0.5, 0.6) is 0 Å². The van der Waals surface area contributed by atoms with Crippen molar-refractivity contribution >= 4 is 17.8 Å². The molecule has 7 nitrogen and oxygen atoms in total. The van der Waals surface area contributed by atoms with E-state index in [9.17, 15) is 19.5 Å². The number of hydrogen-bond acceptors (Lipinski definition) is 5. The molecule has 2 atom stereocenters. The van der Waals surface area contributed by atoms with Crippen LogP contribution in [0.2, 0.25) is 0 Å². The van der Waals surface area contributed by atoms with E-state index in [0.717, 1.165) is 70.6 Å². The predicted octanol–water partition coefficient (Wildman–Crippen LogP) is 15.6. The number of hydrogen-bond donors (Lipinski definition) is 3. The Morgan fingerprint density at radius 1 is 0.483 bits per heavy atom. The van der Waals surface area contributed by atoms with Crippen LogP contribution in [0.1, 0.15) is 277 Å². The van der Waals surface area contributed by atoms with E-state index in [-0.39, 0.29) is 18.0 Å². The predicted molar refractivity (Wildman–Crippen MR) is 257 cm³/mol. The first-order valence-electron chi connectivity index (χ1n) is 26.2. The summed E-state index contributed by atoms with van der Waals surface area (Å²) in [5.74, 6) is -1.22. The number of nitrogens with two attached hydrogens (primary N) is 1. The van der Waals surface area contributed by atoms with Gasteiger partial charge in [0.25, 0.3) is 0 Å². The molecule has 0 radical (unpaired) electrons. The maximum absolute atomic E-state index is 12.9. The van der Waals surface area contributed by atoms with E-state index in [1.54, 1.807) is 0 Å². The summed E-state index contributed by atoms with van der Waals surface area (Å²) in [5.41, 5.74) is 5.50. The monoisotopic (exact) mass is 845 g/mol. The first-order chi connectivity index (χ1) is 29.4. The van der Waals surface area contributed by atoms with Crippen LogP contribution in [0.15, 0.2) is 24.3 Å². The summed E-state index contributed by atoms with van der Waals surface area (Å²) in [5, 5.41) is 12.0. The van der Waals surface area contributed by atoms with Crippen molar-refractivity contribution in [1.82, 2.24) is 5.32 Å². The smallest absolute Gasteiger partial charge is 0.326 e. The van der Waals surface area contributed by atoms with Gasteiger partial charge in [0.05, 0.1) is 0 Å². The van der Waals surface area contributed by atoms with Crippen LogP contribution < -0.4 is 11.1 Å². The third-order valence-electron chi connectivity index (χ3n) is 12.0. The molecule has 352 valence electrons. The number of nitrogens with one attached hydrogen (secondary N) is 1. The van der Waals surface area contributed by atoms with Gasteiger partial charge in [0.15, 0.2) is 0 Å². The van der Waals surface area contributed by atoms with Gasteiger partial charge >= 0.3 is 11.9 Å². The lowest BCUT2D eigenvalue weighted by atomic mass is 10.0. The molecule has 4 N–H and O–H groups in total. The topological polar surface area (TPSA) is 119 Å². The number of amides is 1. The fourth-order valence-corrected chi connectivity index (χ4v) is 8.07. The average Bonchev–Trinajstić information content (AvgIpc) is 3.23. The average molecular weight is 845 g/mol. The molecule has 0 aliphatic heterocycles. The SMILES string of the molecule is CCCCC/C=C\C/C=C\CCCCCCCCCCCC(=O)OC(CCCCCCCCCCCCCCCCC)CCCCCCCC(=O)NC(CCCN)C(=O)O. The molecule has 7 heteroatoms. The molecular formula is C53H100N2O5. The number of ether oxygens (including phenoxy) is 1. The third kappa shape index (κ3) is 43.9. The van der Waals surface area contributed by atoms with Crippen LogP contribution in [0.25, 0.3) is 0 Å². The van der Waals surface area contributed by atoms with Gasteiger partial charge in [-0.2, -0.15) is 0 Å². The van der Waals surface area contributed by atoms with Crippen LogP contribution in [0, 0.1) is 0 Å². The Labute approximate surface area is 372 Å². The number of carboxylic acid groups (broad SMARTS) is 1. The number of unbranched alkanes of at least 4 members (excludes halogenated alkanes) is 30. The molecule has 2 unspecified atom stereocenters. The van der Waals surface area contributed by atoms with Crippen molar-refractivity contribution in [3.8, 4) is 0 Å². The number of esters is 1. The molecule has 0 fully saturated rings. The normalized spacial score (nSPS) is 12.7. The third-order valence-corrected chi connectivity index (χ3v) is 12.0. The summed E-state index contributed by atoms with van der Waals surface area (Å²) in [6.45, 7) is 4.95. The van der Waals surface area contributed by atoms with Gasteiger partial charge in [-0.1, -0.05) is 205 Å². The summed E-state index contributed by atoms with van der Waals surface area (Å²) in [6, 6.07) is -0.856. The minimum Gasteiger partial charge on any atom is -0.480 e. The van der Waals surface area contributed by atoms with Crippen LogP contribution in [0.4, 0.5) is 0 Å². The molecule has 0 bridgehead atoms. The van der Waals surface area contributed by atoms with E-state index in [1.165, 1.54) is 167 Å². The number of rotatable bonds is 48. The number of aliphatic carboxylic acids is 1. The van der Waals surface area contributed by atoms with E-state index in [2.05, 4.69) is 43.5 Å². The van der Waals surface area contributed by atoms with E-state index < -0.39 is 12.0 Å². The maximum Gasteiger partial charge on any atom is 0.326 e.